The minimum atomic E-state index is -1.22. The van der Waals surface area contributed by atoms with E-state index in [0.717, 1.165) is 0 Å². The van der Waals surface area contributed by atoms with Gasteiger partial charge in [-0.05, 0) is 72.8 Å². The molecule has 0 aliphatic rings. The third-order valence-corrected chi connectivity index (χ3v) is 8.39. The molecule has 0 N–H and O–H groups in total. The van der Waals surface area contributed by atoms with Crippen LogP contribution >= 0.6 is 0 Å². The van der Waals surface area contributed by atoms with Crippen LogP contribution in [-0.2, 0) is 0 Å². The summed E-state index contributed by atoms with van der Waals surface area (Å²) in [5, 5.41) is 0. The summed E-state index contributed by atoms with van der Waals surface area (Å²) >= 11 is 0. The normalized spacial score (nSPS) is 10.7. The van der Waals surface area contributed by atoms with Crippen molar-refractivity contribution in [2.24, 2.45) is 0 Å². The van der Waals surface area contributed by atoms with Gasteiger partial charge in [0.15, 0.2) is 0 Å². The molecule has 0 saturated carbocycles. The van der Waals surface area contributed by atoms with Crippen molar-refractivity contribution in [2.75, 3.05) is 0 Å². The minimum Gasteiger partial charge on any atom is -0.195 e. The topological polar surface area (TPSA) is 0 Å². The summed E-state index contributed by atoms with van der Waals surface area (Å²) < 4.78 is 0. The van der Waals surface area contributed by atoms with Crippen LogP contribution in [0.4, 0.5) is 0 Å². The van der Waals surface area contributed by atoms with Crippen LogP contribution in [0.3, 0.4) is 0 Å². The van der Waals surface area contributed by atoms with E-state index in [9.17, 15) is 0 Å². The molecule has 0 heterocycles. The van der Waals surface area contributed by atoms with Gasteiger partial charge in [0.2, 0.25) is 0 Å². The van der Waals surface area contributed by atoms with E-state index in [1.807, 2.05) is 0 Å². The quantitative estimate of drug-likeness (QED) is 0.106. The summed E-state index contributed by atoms with van der Waals surface area (Å²) in [7, 11) is 0. The Balaban J connectivity index is 0.000000162. The second-order valence-corrected chi connectivity index (χ2v) is 11.0. The monoisotopic (exact) mass is 562 g/mol. The zero-order valence-electron chi connectivity index (χ0n) is 24.8. The molecule has 0 aliphatic heterocycles. The van der Waals surface area contributed by atoms with Crippen LogP contribution in [-0.4, -0.2) is 6.15 Å². The van der Waals surface area contributed by atoms with Crippen molar-refractivity contribution in [3.63, 3.8) is 0 Å². The fourth-order valence-electron chi connectivity index (χ4n) is 6.44. The first kappa shape index (κ1) is 28.6. The summed E-state index contributed by atoms with van der Waals surface area (Å²) in [6.45, 7) is 0. The van der Waals surface area contributed by atoms with E-state index >= 15 is 0 Å². The third kappa shape index (κ3) is 6.14. The fourth-order valence-corrected chi connectivity index (χ4v) is 6.44. The Labute approximate surface area is 262 Å². The van der Waals surface area contributed by atoms with Crippen LogP contribution in [0, 0.1) is 5.92 Å². The standard InChI is InChI=1S/C24H20B.C19H15/c1-5-13-21(14-6-1)25(22-15-7-2-8-16-22,23-17-9-3-10-18-23)24-19-11-4-12-20-24;1-4-10-16(11-5-1)19(17-12-6-2-7-13-17)18-14-8-3-9-15-18/h1-20H;1-15H/q-1;+1. The predicted molar refractivity (Wildman–Crippen MR) is 190 cm³/mol. The van der Waals surface area contributed by atoms with Gasteiger partial charge in [-0.1, -0.05) is 140 Å². The van der Waals surface area contributed by atoms with Crippen molar-refractivity contribution in [1.29, 1.82) is 0 Å². The van der Waals surface area contributed by atoms with E-state index in [0.29, 0.717) is 0 Å². The first-order valence-corrected chi connectivity index (χ1v) is 15.3. The smallest absolute Gasteiger partial charge is 0.108 e. The highest BCUT2D eigenvalue weighted by atomic mass is 14.2. The van der Waals surface area contributed by atoms with Gasteiger partial charge in [-0.2, -0.15) is 21.9 Å². The largest absolute Gasteiger partial charge is 0.195 e. The van der Waals surface area contributed by atoms with E-state index in [2.05, 4.69) is 212 Å². The number of hydrogen-bond donors (Lipinski definition) is 0. The maximum atomic E-state index is 2.26. The summed E-state index contributed by atoms with van der Waals surface area (Å²) in [5.41, 5.74) is 9.11. The molecule has 0 saturated heterocycles. The molecule has 0 unspecified atom stereocenters. The molecular weight excluding hydrogens is 527 g/mol. The fraction of sp³-hybridized carbons (Fsp3) is 0. The summed E-state index contributed by atoms with van der Waals surface area (Å²) in [6, 6.07) is 75.2. The molecule has 0 amide bonds. The van der Waals surface area contributed by atoms with Gasteiger partial charge < -0.3 is 0 Å². The number of benzene rings is 7. The minimum absolute atomic E-state index is 1.22. The molecule has 210 valence electrons. The van der Waals surface area contributed by atoms with Crippen LogP contribution in [0.25, 0.3) is 0 Å². The molecule has 0 fully saturated rings. The third-order valence-electron chi connectivity index (χ3n) is 8.39. The van der Waals surface area contributed by atoms with Crippen LogP contribution in [0.1, 0.15) is 16.7 Å². The molecular formula is C43H35B. The zero-order chi connectivity index (χ0) is 29.9. The zero-order valence-corrected chi connectivity index (χ0v) is 24.8. The maximum Gasteiger partial charge on any atom is 0.108 e. The Hall–Kier alpha value is -5.53. The van der Waals surface area contributed by atoms with E-state index in [-0.39, 0.29) is 0 Å². The van der Waals surface area contributed by atoms with Gasteiger partial charge in [0.1, 0.15) is 6.15 Å². The Kier molecular flexibility index (Phi) is 9.16. The molecule has 0 radical (unpaired) electrons. The van der Waals surface area contributed by atoms with Crippen molar-refractivity contribution >= 4 is 28.0 Å². The molecule has 1 heteroatoms. The SMILES string of the molecule is c1ccc([B-](c2ccccc2)(c2ccccc2)c2ccccc2)cc1.c1ccc([C+](c2ccccc2)c2ccccc2)cc1. The number of rotatable bonds is 7. The lowest BCUT2D eigenvalue weighted by Crippen LogP contribution is -2.74. The molecule has 0 aromatic heterocycles. The number of hydrogen-bond acceptors (Lipinski definition) is 0. The molecule has 7 aromatic carbocycles. The van der Waals surface area contributed by atoms with E-state index in [1.54, 1.807) is 0 Å². The van der Waals surface area contributed by atoms with Gasteiger partial charge in [0, 0.05) is 0 Å². The van der Waals surface area contributed by atoms with E-state index in [4.69, 9.17) is 0 Å². The summed E-state index contributed by atoms with van der Waals surface area (Å²) in [6.07, 6.45) is -1.22. The van der Waals surface area contributed by atoms with Crippen molar-refractivity contribution in [1.82, 2.24) is 0 Å². The Morgan fingerprint density at radius 2 is 0.409 bits per heavy atom. The Bertz CT molecular complexity index is 1550. The predicted octanol–water partition coefficient (Wildman–Crippen LogP) is 7.77. The molecule has 0 bridgehead atoms. The van der Waals surface area contributed by atoms with Crippen LogP contribution in [0.5, 0.6) is 0 Å². The highest BCUT2D eigenvalue weighted by Gasteiger charge is 2.31. The Morgan fingerprint density at radius 1 is 0.227 bits per heavy atom. The van der Waals surface area contributed by atoms with Crippen molar-refractivity contribution < 1.29 is 0 Å². The second kappa shape index (κ2) is 14.1. The Morgan fingerprint density at radius 3 is 0.614 bits per heavy atom. The molecule has 0 aliphatic carbocycles. The molecule has 7 rings (SSSR count). The molecule has 0 nitrogen and oxygen atoms in total. The van der Waals surface area contributed by atoms with Gasteiger partial charge in [0.25, 0.3) is 0 Å². The van der Waals surface area contributed by atoms with Gasteiger partial charge >= 0.3 is 0 Å². The molecule has 0 spiro atoms. The van der Waals surface area contributed by atoms with Crippen molar-refractivity contribution in [3.05, 3.63) is 235 Å². The lowest BCUT2D eigenvalue weighted by molar-refractivity contribution is 1.23. The molecule has 7 aromatic rings. The summed E-state index contributed by atoms with van der Waals surface area (Å²) in [4.78, 5) is 0. The van der Waals surface area contributed by atoms with Crippen molar-refractivity contribution in [2.45, 2.75) is 0 Å². The van der Waals surface area contributed by atoms with Gasteiger partial charge in [0.05, 0.1) is 22.6 Å². The van der Waals surface area contributed by atoms with Crippen LogP contribution < -0.4 is 21.9 Å². The lowest BCUT2D eigenvalue weighted by Gasteiger charge is -2.44. The highest BCUT2D eigenvalue weighted by Crippen LogP contribution is 2.30. The van der Waals surface area contributed by atoms with Crippen molar-refractivity contribution in [3.8, 4) is 0 Å². The summed E-state index contributed by atoms with van der Waals surface area (Å²) in [5.74, 6) is 1.28. The van der Waals surface area contributed by atoms with Gasteiger partial charge in [-0.25, -0.2) is 0 Å². The first-order chi connectivity index (χ1) is 21.9. The molecule has 0 atom stereocenters. The molecule has 44 heavy (non-hydrogen) atoms. The van der Waals surface area contributed by atoms with E-state index in [1.165, 1.54) is 44.5 Å². The van der Waals surface area contributed by atoms with Crippen LogP contribution in [0.2, 0.25) is 0 Å². The van der Waals surface area contributed by atoms with E-state index < -0.39 is 6.15 Å². The van der Waals surface area contributed by atoms with Gasteiger partial charge in [-0.15, -0.1) is 0 Å². The second-order valence-electron chi connectivity index (χ2n) is 11.0. The average Bonchev–Trinajstić information content (AvgIpc) is 3.12. The maximum absolute atomic E-state index is 2.26. The lowest BCUT2D eigenvalue weighted by atomic mass is 9.13. The van der Waals surface area contributed by atoms with Crippen LogP contribution in [0.15, 0.2) is 212 Å². The van der Waals surface area contributed by atoms with Gasteiger partial charge in [-0.3, -0.25) is 0 Å². The average molecular weight is 563 g/mol. The highest BCUT2D eigenvalue weighted by molar-refractivity contribution is 7.19. The first-order valence-electron chi connectivity index (χ1n) is 15.3.